The zero-order valence-electron chi connectivity index (χ0n) is 6.99. The molecule has 0 bridgehead atoms. The van der Waals surface area contributed by atoms with Crippen molar-refractivity contribution < 1.29 is 5.11 Å². The lowest BCUT2D eigenvalue weighted by Gasteiger charge is -1.99. The third-order valence-corrected chi connectivity index (χ3v) is 3.28. The van der Waals surface area contributed by atoms with Crippen LogP contribution in [-0.2, 0) is 0 Å². The van der Waals surface area contributed by atoms with E-state index in [0.29, 0.717) is 5.75 Å². The van der Waals surface area contributed by atoms with E-state index in [-0.39, 0.29) is 0 Å². The Morgan fingerprint density at radius 1 is 1.17 bits per heavy atom. The van der Waals surface area contributed by atoms with Crippen molar-refractivity contribution in [2.45, 2.75) is 4.90 Å². The maximum atomic E-state index is 9.01. The molecule has 0 amide bonds. The van der Waals surface area contributed by atoms with Crippen molar-refractivity contribution in [1.29, 1.82) is 0 Å². The molecular formula is C9H12OS2. The van der Waals surface area contributed by atoms with Crippen molar-refractivity contribution in [1.82, 2.24) is 0 Å². The van der Waals surface area contributed by atoms with Gasteiger partial charge in [-0.3, -0.25) is 0 Å². The molecule has 0 atom stereocenters. The predicted molar refractivity (Wildman–Crippen MR) is 57.2 cm³/mol. The Hall–Kier alpha value is -0.280. The molecule has 3 heteroatoms. The molecule has 66 valence electrons. The molecule has 0 saturated heterocycles. The molecule has 0 aliphatic heterocycles. The average molecular weight is 200 g/mol. The molecule has 1 nitrogen and oxygen atoms in total. The summed E-state index contributed by atoms with van der Waals surface area (Å²) in [5.41, 5.74) is 0. The summed E-state index contributed by atoms with van der Waals surface area (Å²) >= 11 is 3.68. The van der Waals surface area contributed by atoms with Gasteiger partial charge in [0, 0.05) is 16.4 Å². The molecule has 12 heavy (non-hydrogen) atoms. The van der Waals surface area contributed by atoms with Crippen LogP contribution in [0.3, 0.4) is 0 Å². The molecule has 0 aromatic heterocycles. The minimum absolute atomic E-state index is 0.337. The van der Waals surface area contributed by atoms with Crippen molar-refractivity contribution in [3.05, 3.63) is 24.3 Å². The molecule has 1 aromatic rings. The molecule has 0 unspecified atom stereocenters. The summed E-state index contributed by atoms with van der Waals surface area (Å²) in [6, 6.07) is 7.34. The van der Waals surface area contributed by atoms with Gasteiger partial charge in [-0.2, -0.15) is 11.8 Å². The second-order valence-electron chi connectivity index (χ2n) is 2.34. The smallest absolute Gasteiger partial charge is 0.115 e. The molecule has 0 heterocycles. The fourth-order valence-electron chi connectivity index (χ4n) is 0.785. The topological polar surface area (TPSA) is 20.2 Å². The molecular weight excluding hydrogens is 188 g/mol. The van der Waals surface area contributed by atoms with Crippen LogP contribution in [0.25, 0.3) is 0 Å². The summed E-state index contributed by atoms with van der Waals surface area (Å²) in [5.74, 6) is 2.64. The van der Waals surface area contributed by atoms with Crippen LogP contribution in [-0.4, -0.2) is 22.9 Å². The highest BCUT2D eigenvalue weighted by atomic mass is 32.2. The molecule has 0 aliphatic carbocycles. The molecule has 1 rings (SSSR count). The van der Waals surface area contributed by atoms with E-state index in [1.165, 1.54) is 10.6 Å². The number of rotatable bonds is 4. The number of benzene rings is 1. The van der Waals surface area contributed by atoms with Crippen LogP contribution in [0.2, 0.25) is 0 Å². The monoisotopic (exact) mass is 200 g/mol. The van der Waals surface area contributed by atoms with E-state index in [1.807, 2.05) is 35.7 Å². The number of phenols is 1. The predicted octanol–water partition coefficient (Wildman–Crippen LogP) is 2.85. The van der Waals surface area contributed by atoms with Gasteiger partial charge < -0.3 is 5.11 Å². The SMILES string of the molecule is CSCCSc1ccc(O)cc1. The van der Waals surface area contributed by atoms with E-state index < -0.39 is 0 Å². The van der Waals surface area contributed by atoms with Gasteiger partial charge in [0.1, 0.15) is 5.75 Å². The first-order valence-electron chi connectivity index (χ1n) is 3.73. The fraction of sp³-hybridized carbons (Fsp3) is 0.333. The first-order valence-corrected chi connectivity index (χ1v) is 6.11. The average Bonchev–Trinajstić information content (AvgIpc) is 2.09. The molecule has 0 saturated carbocycles. The van der Waals surface area contributed by atoms with Crippen molar-refractivity contribution in [2.75, 3.05) is 17.8 Å². The highest BCUT2D eigenvalue weighted by molar-refractivity contribution is 8.02. The normalized spacial score (nSPS) is 10.1. The maximum absolute atomic E-state index is 9.01. The second kappa shape index (κ2) is 5.38. The fourth-order valence-corrected chi connectivity index (χ4v) is 2.35. The Bertz CT molecular complexity index is 220. The number of phenolic OH excluding ortho intramolecular Hbond substituents is 1. The Balaban J connectivity index is 2.37. The van der Waals surface area contributed by atoms with Crippen molar-refractivity contribution >= 4 is 23.5 Å². The first kappa shape index (κ1) is 9.81. The second-order valence-corrected chi connectivity index (χ2v) is 4.49. The van der Waals surface area contributed by atoms with Gasteiger partial charge in [-0.1, -0.05) is 0 Å². The van der Waals surface area contributed by atoms with Gasteiger partial charge in [0.25, 0.3) is 0 Å². The summed E-state index contributed by atoms with van der Waals surface area (Å²) in [6.45, 7) is 0. The van der Waals surface area contributed by atoms with Crippen LogP contribution in [0.4, 0.5) is 0 Å². The van der Waals surface area contributed by atoms with Crippen LogP contribution in [0.1, 0.15) is 0 Å². The Morgan fingerprint density at radius 2 is 1.83 bits per heavy atom. The van der Waals surface area contributed by atoms with Gasteiger partial charge in [-0.15, -0.1) is 11.8 Å². The standard InChI is InChI=1S/C9H12OS2/c1-11-6-7-12-9-4-2-8(10)3-5-9/h2-5,10H,6-7H2,1H3. The van der Waals surface area contributed by atoms with Crippen LogP contribution in [0, 0.1) is 0 Å². The number of thioether (sulfide) groups is 2. The molecule has 0 radical (unpaired) electrons. The van der Waals surface area contributed by atoms with E-state index in [1.54, 1.807) is 12.1 Å². The molecule has 1 aromatic carbocycles. The van der Waals surface area contributed by atoms with Crippen molar-refractivity contribution in [3.63, 3.8) is 0 Å². The van der Waals surface area contributed by atoms with Crippen LogP contribution in [0.15, 0.2) is 29.2 Å². The lowest BCUT2D eigenvalue weighted by atomic mass is 10.3. The largest absolute Gasteiger partial charge is 0.508 e. The van der Waals surface area contributed by atoms with Crippen LogP contribution < -0.4 is 0 Å². The molecule has 1 N–H and O–H groups in total. The Labute approximate surface area is 81.6 Å². The minimum atomic E-state index is 0.337. The van der Waals surface area contributed by atoms with Crippen molar-refractivity contribution in [2.24, 2.45) is 0 Å². The molecule has 0 spiro atoms. The summed E-state index contributed by atoms with van der Waals surface area (Å²) in [5, 5.41) is 9.01. The number of hydrogen-bond donors (Lipinski definition) is 1. The Morgan fingerprint density at radius 3 is 2.42 bits per heavy atom. The third-order valence-electron chi connectivity index (χ3n) is 1.39. The first-order chi connectivity index (χ1) is 5.83. The number of aromatic hydroxyl groups is 1. The molecule has 0 aliphatic rings. The quantitative estimate of drug-likeness (QED) is 0.596. The van der Waals surface area contributed by atoms with Crippen LogP contribution >= 0.6 is 23.5 Å². The lowest BCUT2D eigenvalue weighted by molar-refractivity contribution is 0.475. The number of hydrogen-bond acceptors (Lipinski definition) is 3. The van der Waals surface area contributed by atoms with Gasteiger partial charge >= 0.3 is 0 Å². The van der Waals surface area contributed by atoms with E-state index >= 15 is 0 Å². The van der Waals surface area contributed by atoms with E-state index in [4.69, 9.17) is 5.11 Å². The highest BCUT2D eigenvalue weighted by Crippen LogP contribution is 2.20. The summed E-state index contributed by atoms with van der Waals surface area (Å²) in [4.78, 5) is 1.22. The molecule has 0 fully saturated rings. The van der Waals surface area contributed by atoms with Gasteiger partial charge in [0.15, 0.2) is 0 Å². The zero-order valence-corrected chi connectivity index (χ0v) is 8.62. The van der Waals surface area contributed by atoms with Gasteiger partial charge in [0.2, 0.25) is 0 Å². The summed E-state index contributed by atoms with van der Waals surface area (Å²) < 4.78 is 0. The Kier molecular flexibility index (Phi) is 4.40. The van der Waals surface area contributed by atoms with E-state index in [2.05, 4.69) is 6.26 Å². The van der Waals surface area contributed by atoms with Crippen LogP contribution in [0.5, 0.6) is 5.75 Å². The van der Waals surface area contributed by atoms with Gasteiger partial charge in [0.05, 0.1) is 0 Å². The van der Waals surface area contributed by atoms with Crippen molar-refractivity contribution in [3.8, 4) is 5.75 Å². The van der Waals surface area contributed by atoms with E-state index in [9.17, 15) is 0 Å². The minimum Gasteiger partial charge on any atom is -0.508 e. The van der Waals surface area contributed by atoms with Gasteiger partial charge in [-0.05, 0) is 30.5 Å². The highest BCUT2D eigenvalue weighted by Gasteiger charge is 1.92. The summed E-state index contributed by atoms with van der Waals surface area (Å²) in [6.07, 6.45) is 2.11. The summed E-state index contributed by atoms with van der Waals surface area (Å²) in [7, 11) is 0. The zero-order chi connectivity index (χ0) is 8.81. The van der Waals surface area contributed by atoms with Gasteiger partial charge in [-0.25, -0.2) is 0 Å². The maximum Gasteiger partial charge on any atom is 0.115 e. The van der Waals surface area contributed by atoms with E-state index in [0.717, 1.165) is 5.75 Å². The lowest BCUT2D eigenvalue weighted by Crippen LogP contribution is -1.81. The third kappa shape index (κ3) is 3.41.